The SMILES string of the molecule is CCOC(=O)c1cnn(C2CC2)c1Cl. The molecule has 1 aromatic rings. The first-order chi connectivity index (χ1) is 6.74. The van der Waals surface area contributed by atoms with Gasteiger partial charge in [0.1, 0.15) is 10.7 Å². The lowest BCUT2D eigenvalue weighted by Crippen LogP contribution is -2.04. The van der Waals surface area contributed by atoms with Gasteiger partial charge in [-0.2, -0.15) is 5.10 Å². The van der Waals surface area contributed by atoms with E-state index < -0.39 is 5.97 Å². The third-order valence-electron chi connectivity index (χ3n) is 2.12. The van der Waals surface area contributed by atoms with Gasteiger partial charge in [-0.05, 0) is 19.8 Å². The van der Waals surface area contributed by atoms with E-state index in [2.05, 4.69) is 5.10 Å². The van der Waals surface area contributed by atoms with Gasteiger partial charge in [-0.25, -0.2) is 4.79 Å². The minimum absolute atomic E-state index is 0.351. The van der Waals surface area contributed by atoms with Crippen LogP contribution in [-0.4, -0.2) is 22.4 Å². The lowest BCUT2D eigenvalue weighted by atomic mass is 10.4. The molecule has 14 heavy (non-hydrogen) atoms. The highest BCUT2D eigenvalue weighted by atomic mass is 35.5. The molecule has 1 heterocycles. The second kappa shape index (κ2) is 3.61. The number of ether oxygens (including phenoxy) is 1. The molecule has 76 valence electrons. The molecule has 1 aromatic heterocycles. The Hall–Kier alpha value is -1.03. The first kappa shape index (κ1) is 9.52. The number of nitrogens with zero attached hydrogens (tertiary/aromatic N) is 2. The van der Waals surface area contributed by atoms with Crippen molar-refractivity contribution in [3.8, 4) is 0 Å². The normalized spacial score (nSPS) is 15.6. The average molecular weight is 215 g/mol. The molecule has 0 aromatic carbocycles. The number of hydrogen-bond acceptors (Lipinski definition) is 3. The Morgan fingerprint density at radius 3 is 3.07 bits per heavy atom. The highest BCUT2D eigenvalue weighted by Gasteiger charge is 2.29. The third kappa shape index (κ3) is 1.62. The Morgan fingerprint density at radius 2 is 2.50 bits per heavy atom. The lowest BCUT2D eigenvalue weighted by Gasteiger charge is -2.01. The van der Waals surface area contributed by atoms with Crippen molar-refractivity contribution in [1.29, 1.82) is 0 Å². The molecule has 0 unspecified atom stereocenters. The van der Waals surface area contributed by atoms with Gasteiger partial charge >= 0.3 is 5.97 Å². The van der Waals surface area contributed by atoms with E-state index in [0.29, 0.717) is 23.4 Å². The van der Waals surface area contributed by atoms with Crippen LogP contribution in [0.2, 0.25) is 5.15 Å². The van der Waals surface area contributed by atoms with Crippen molar-refractivity contribution in [3.05, 3.63) is 16.9 Å². The molecule has 0 bridgehead atoms. The second-order valence-corrected chi connectivity index (χ2v) is 3.60. The average Bonchev–Trinajstić information content (AvgIpc) is 2.91. The van der Waals surface area contributed by atoms with Crippen LogP contribution in [0, 0.1) is 0 Å². The van der Waals surface area contributed by atoms with E-state index >= 15 is 0 Å². The second-order valence-electron chi connectivity index (χ2n) is 3.25. The Morgan fingerprint density at radius 1 is 1.79 bits per heavy atom. The van der Waals surface area contributed by atoms with Gasteiger partial charge in [0.25, 0.3) is 0 Å². The van der Waals surface area contributed by atoms with Gasteiger partial charge in [0.2, 0.25) is 0 Å². The van der Waals surface area contributed by atoms with Crippen LogP contribution >= 0.6 is 11.6 Å². The van der Waals surface area contributed by atoms with Crippen molar-refractivity contribution < 1.29 is 9.53 Å². The van der Waals surface area contributed by atoms with E-state index in [0.717, 1.165) is 12.8 Å². The number of carbonyl (C=O) groups excluding carboxylic acids is 1. The summed E-state index contributed by atoms with van der Waals surface area (Å²) >= 11 is 5.99. The summed E-state index contributed by atoms with van der Waals surface area (Å²) in [4.78, 5) is 11.4. The maximum absolute atomic E-state index is 11.4. The molecule has 0 radical (unpaired) electrons. The molecule has 1 saturated carbocycles. The summed E-state index contributed by atoms with van der Waals surface area (Å²) in [5.41, 5.74) is 0.361. The fourth-order valence-electron chi connectivity index (χ4n) is 1.27. The van der Waals surface area contributed by atoms with E-state index in [1.165, 1.54) is 6.20 Å². The van der Waals surface area contributed by atoms with Gasteiger partial charge in [-0.3, -0.25) is 4.68 Å². The van der Waals surface area contributed by atoms with Gasteiger partial charge in [0, 0.05) is 0 Å². The predicted octanol–water partition coefficient (Wildman–Crippen LogP) is 2.05. The quantitative estimate of drug-likeness (QED) is 0.724. The minimum atomic E-state index is -0.399. The number of hydrogen-bond donors (Lipinski definition) is 0. The molecule has 0 amide bonds. The maximum Gasteiger partial charge on any atom is 0.342 e. The summed E-state index contributed by atoms with van der Waals surface area (Å²) in [7, 11) is 0. The highest BCUT2D eigenvalue weighted by molar-refractivity contribution is 6.32. The Bertz CT molecular complexity index is 358. The van der Waals surface area contributed by atoms with E-state index in [4.69, 9.17) is 16.3 Å². The predicted molar refractivity (Wildman–Crippen MR) is 51.5 cm³/mol. The van der Waals surface area contributed by atoms with Crippen LogP contribution in [0.4, 0.5) is 0 Å². The summed E-state index contributed by atoms with van der Waals surface area (Å²) in [6.07, 6.45) is 3.64. The van der Waals surface area contributed by atoms with Crippen LogP contribution in [0.25, 0.3) is 0 Å². The number of halogens is 1. The molecule has 1 aliphatic carbocycles. The monoisotopic (exact) mass is 214 g/mol. The first-order valence-corrected chi connectivity index (χ1v) is 5.02. The summed E-state index contributed by atoms with van der Waals surface area (Å²) in [5.74, 6) is -0.399. The summed E-state index contributed by atoms with van der Waals surface area (Å²) < 4.78 is 6.53. The number of rotatable bonds is 3. The largest absolute Gasteiger partial charge is 0.462 e. The number of aromatic nitrogens is 2. The fourth-order valence-corrected chi connectivity index (χ4v) is 1.57. The van der Waals surface area contributed by atoms with Crippen LogP contribution in [0.15, 0.2) is 6.20 Å². The van der Waals surface area contributed by atoms with Gasteiger partial charge in [0.15, 0.2) is 0 Å². The molecule has 0 spiro atoms. The molecule has 0 atom stereocenters. The summed E-state index contributed by atoms with van der Waals surface area (Å²) in [5, 5.41) is 4.46. The zero-order valence-corrected chi connectivity index (χ0v) is 8.62. The Kier molecular flexibility index (Phi) is 2.46. The molecule has 0 saturated heterocycles. The van der Waals surface area contributed by atoms with E-state index in [1.54, 1.807) is 11.6 Å². The van der Waals surface area contributed by atoms with E-state index in [9.17, 15) is 4.79 Å². The Labute approximate surface area is 86.8 Å². The standard InChI is InChI=1S/C9H11ClN2O2/c1-2-14-9(13)7-5-11-12(8(7)10)6-3-4-6/h5-6H,2-4H2,1H3. The van der Waals surface area contributed by atoms with Crippen molar-refractivity contribution in [2.45, 2.75) is 25.8 Å². The van der Waals surface area contributed by atoms with Crippen molar-refractivity contribution >= 4 is 17.6 Å². The van der Waals surface area contributed by atoms with E-state index in [1.807, 2.05) is 0 Å². The zero-order chi connectivity index (χ0) is 10.1. The van der Waals surface area contributed by atoms with Crippen LogP contribution in [0.3, 0.4) is 0 Å². The van der Waals surface area contributed by atoms with Gasteiger partial charge in [-0.1, -0.05) is 11.6 Å². The minimum Gasteiger partial charge on any atom is -0.462 e. The number of esters is 1. The smallest absolute Gasteiger partial charge is 0.342 e. The maximum atomic E-state index is 11.4. The van der Waals surface area contributed by atoms with E-state index in [-0.39, 0.29) is 0 Å². The van der Waals surface area contributed by atoms with Crippen molar-refractivity contribution in [3.63, 3.8) is 0 Å². The van der Waals surface area contributed by atoms with Crippen LogP contribution < -0.4 is 0 Å². The number of carbonyl (C=O) groups is 1. The molecule has 0 N–H and O–H groups in total. The molecule has 0 aliphatic heterocycles. The topological polar surface area (TPSA) is 44.1 Å². The molecular weight excluding hydrogens is 204 g/mol. The summed E-state index contributed by atoms with van der Waals surface area (Å²) in [6.45, 7) is 2.11. The van der Waals surface area contributed by atoms with Gasteiger partial charge in [0.05, 0.1) is 18.8 Å². The van der Waals surface area contributed by atoms with Crippen LogP contribution in [-0.2, 0) is 4.74 Å². The molecule has 2 rings (SSSR count). The molecule has 1 aliphatic rings. The zero-order valence-electron chi connectivity index (χ0n) is 7.86. The molecular formula is C9H11ClN2O2. The first-order valence-electron chi connectivity index (χ1n) is 4.64. The van der Waals surface area contributed by atoms with Gasteiger partial charge in [-0.15, -0.1) is 0 Å². The molecule has 1 fully saturated rings. The van der Waals surface area contributed by atoms with Crippen molar-refractivity contribution in [2.24, 2.45) is 0 Å². The van der Waals surface area contributed by atoms with Gasteiger partial charge < -0.3 is 4.74 Å². The summed E-state index contributed by atoms with van der Waals surface area (Å²) in [6, 6.07) is 0.380. The fraction of sp³-hybridized carbons (Fsp3) is 0.556. The third-order valence-corrected chi connectivity index (χ3v) is 2.50. The molecule has 4 nitrogen and oxygen atoms in total. The lowest BCUT2D eigenvalue weighted by molar-refractivity contribution is 0.0526. The van der Waals surface area contributed by atoms with Crippen molar-refractivity contribution in [2.75, 3.05) is 6.61 Å². The molecule has 5 heteroatoms. The van der Waals surface area contributed by atoms with Crippen LogP contribution in [0.5, 0.6) is 0 Å². The highest BCUT2D eigenvalue weighted by Crippen LogP contribution is 2.37. The Balaban J connectivity index is 2.21. The van der Waals surface area contributed by atoms with Crippen molar-refractivity contribution in [1.82, 2.24) is 9.78 Å². The van der Waals surface area contributed by atoms with Crippen LogP contribution in [0.1, 0.15) is 36.2 Å².